The van der Waals surface area contributed by atoms with Crippen LogP contribution in [0.2, 0.25) is 5.02 Å². The zero-order chi connectivity index (χ0) is 22.5. The minimum absolute atomic E-state index is 0.507. The monoisotopic (exact) mass is 447 g/mol. The number of hydrogen-bond donors (Lipinski definition) is 1. The smallest absolute Gasteiger partial charge is 0.211 e. The number of hydrogen-bond acceptors (Lipinski definition) is 5. The number of aliphatic imine (C=N–C) groups is 1. The van der Waals surface area contributed by atoms with Gasteiger partial charge in [0.05, 0.1) is 22.2 Å². The molecule has 32 heavy (non-hydrogen) atoms. The molecule has 1 aliphatic heterocycles. The van der Waals surface area contributed by atoms with Crippen LogP contribution < -0.4 is 10.1 Å². The third-order valence-electron chi connectivity index (χ3n) is 5.29. The molecule has 0 atom stereocenters. The highest BCUT2D eigenvalue weighted by Gasteiger charge is 2.20. The lowest BCUT2D eigenvalue weighted by molar-refractivity contribution is -0.108. The summed E-state index contributed by atoms with van der Waals surface area (Å²) in [5.41, 5.74) is 4.41. The number of amides is 1. The maximum atomic E-state index is 10.7. The highest BCUT2D eigenvalue weighted by Crippen LogP contribution is 2.35. The molecule has 1 amide bonds. The lowest BCUT2D eigenvalue weighted by atomic mass is 10.1. The van der Waals surface area contributed by atoms with Crippen LogP contribution in [0.4, 0.5) is 0 Å². The molecule has 0 spiro atoms. The van der Waals surface area contributed by atoms with Gasteiger partial charge in [-0.05, 0) is 36.4 Å². The van der Waals surface area contributed by atoms with Gasteiger partial charge in [0.25, 0.3) is 0 Å². The Morgan fingerprint density at radius 3 is 3.00 bits per heavy atom. The molecule has 2 aromatic carbocycles. The summed E-state index contributed by atoms with van der Waals surface area (Å²) in [4.78, 5) is 17.0. The second kappa shape index (κ2) is 9.69. The Bertz CT molecular complexity index is 1260. The fourth-order valence-electron chi connectivity index (χ4n) is 3.91. The first kappa shape index (κ1) is 21.6. The molecule has 7 nitrogen and oxygen atoms in total. The third-order valence-corrected chi connectivity index (χ3v) is 5.57. The van der Waals surface area contributed by atoms with Crippen molar-refractivity contribution in [3.05, 3.63) is 70.5 Å². The molecule has 162 valence electrons. The summed E-state index contributed by atoms with van der Waals surface area (Å²) in [6.45, 7) is 2.45. The minimum atomic E-state index is 0.507. The molecule has 1 N–H and O–H groups in total. The number of halogens is 1. The highest BCUT2D eigenvalue weighted by atomic mass is 35.5. The van der Waals surface area contributed by atoms with E-state index in [1.54, 1.807) is 19.5 Å². The van der Waals surface area contributed by atoms with Crippen LogP contribution in [0.15, 0.2) is 59.4 Å². The number of nitrogens with one attached hydrogen (secondary N) is 1. The molecule has 0 fully saturated rings. The Balaban J connectivity index is 1.67. The zero-order valence-corrected chi connectivity index (χ0v) is 18.3. The maximum absolute atomic E-state index is 10.7. The number of nitriles is 1. The Labute approximate surface area is 191 Å². The third kappa shape index (κ3) is 4.52. The van der Waals surface area contributed by atoms with Crippen molar-refractivity contribution in [3.63, 3.8) is 0 Å². The van der Waals surface area contributed by atoms with Gasteiger partial charge in [-0.2, -0.15) is 5.26 Å². The van der Waals surface area contributed by atoms with E-state index >= 15 is 0 Å². The first-order chi connectivity index (χ1) is 15.6. The van der Waals surface area contributed by atoms with E-state index in [9.17, 15) is 4.79 Å². The van der Waals surface area contributed by atoms with E-state index in [0.717, 1.165) is 27.7 Å². The lowest BCUT2D eigenvalue weighted by Crippen LogP contribution is -2.28. The predicted octanol–water partition coefficient (Wildman–Crippen LogP) is 3.68. The zero-order valence-electron chi connectivity index (χ0n) is 17.6. The molecule has 4 rings (SSSR count). The van der Waals surface area contributed by atoms with Gasteiger partial charge in [-0.25, -0.2) is 0 Å². The molecule has 0 saturated heterocycles. The van der Waals surface area contributed by atoms with Gasteiger partial charge in [0.1, 0.15) is 12.4 Å². The normalized spacial score (nSPS) is 14.6. The summed E-state index contributed by atoms with van der Waals surface area (Å²) in [7, 11) is 1.70. The van der Waals surface area contributed by atoms with E-state index in [-0.39, 0.29) is 0 Å². The van der Waals surface area contributed by atoms with Crippen LogP contribution in [0.5, 0.6) is 5.75 Å². The SMILES string of the molecule is C/N=C\C(=C/NC=O)CN1CCOc2c(Cl)cc(-n3ccc4cc(C#N)ccc43)cc2C1. The molecular formula is C24H22ClN5O2. The number of nitrogens with zero attached hydrogens (tertiary/aromatic N) is 4. The van der Waals surface area contributed by atoms with E-state index in [4.69, 9.17) is 21.6 Å². The molecule has 1 aromatic heterocycles. The standard InChI is InChI=1S/C24H22ClN5O2/c1-27-12-18(13-28-16-31)14-29-6-7-32-24-20(15-29)9-21(10-22(24)25)30-5-4-19-8-17(11-26)2-3-23(19)30/h2-5,8-10,12-13,16H,6-7,14-15H2,1H3,(H,28,31)/b18-13+,27-12-. The predicted molar refractivity (Wildman–Crippen MR) is 125 cm³/mol. The number of fused-ring (bicyclic) bond motifs is 2. The van der Waals surface area contributed by atoms with Crippen molar-refractivity contribution in [1.82, 2.24) is 14.8 Å². The average Bonchev–Trinajstić information content (AvgIpc) is 3.10. The second-order valence-electron chi connectivity index (χ2n) is 7.44. The highest BCUT2D eigenvalue weighted by molar-refractivity contribution is 6.32. The molecule has 3 aromatic rings. The van der Waals surface area contributed by atoms with Crippen molar-refractivity contribution >= 4 is 35.1 Å². The molecule has 1 aliphatic rings. The van der Waals surface area contributed by atoms with Gasteiger partial charge >= 0.3 is 0 Å². The van der Waals surface area contributed by atoms with Crippen LogP contribution in [0.1, 0.15) is 11.1 Å². The molecule has 0 aliphatic carbocycles. The minimum Gasteiger partial charge on any atom is -0.490 e. The van der Waals surface area contributed by atoms with Gasteiger partial charge in [-0.1, -0.05) is 11.6 Å². The Morgan fingerprint density at radius 1 is 1.34 bits per heavy atom. The average molecular weight is 448 g/mol. The number of benzene rings is 2. The Hall–Kier alpha value is -3.60. The van der Waals surface area contributed by atoms with Crippen molar-refractivity contribution < 1.29 is 9.53 Å². The van der Waals surface area contributed by atoms with Crippen molar-refractivity contribution in [2.24, 2.45) is 4.99 Å². The van der Waals surface area contributed by atoms with Gasteiger partial charge in [0.2, 0.25) is 6.41 Å². The van der Waals surface area contributed by atoms with Gasteiger partial charge in [-0.3, -0.25) is 14.7 Å². The lowest BCUT2D eigenvalue weighted by Gasteiger charge is -2.20. The van der Waals surface area contributed by atoms with Gasteiger partial charge in [0, 0.05) is 67.5 Å². The van der Waals surface area contributed by atoms with Crippen LogP contribution in [-0.2, 0) is 11.3 Å². The molecule has 0 bridgehead atoms. The molecule has 0 saturated carbocycles. The topological polar surface area (TPSA) is 82.7 Å². The van der Waals surface area contributed by atoms with E-state index < -0.39 is 0 Å². The number of ether oxygens (including phenoxy) is 1. The summed E-state index contributed by atoms with van der Waals surface area (Å²) >= 11 is 6.63. The van der Waals surface area contributed by atoms with Gasteiger partial charge in [0.15, 0.2) is 0 Å². The fourth-order valence-corrected chi connectivity index (χ4v) is 4.20. The molecule has 2 heterocycles. The Morgan fingerprint density at radius 2 is 2.22 bits per heavy atom. The number of aromatic nitrogens is 1. The maximum Gasteiger partial charge on any atom is 0.211 e. The van der Waals surface area contributed by atoms with Crippen molar-refractivity contribution in [1.29, 1.82) is 5.26 Å². The van der Waals surface area contributed by atoms with E-state index in [1.807, 2.05) is 36.5 Å². The van der Waals surface area contributed by atoms with E-state index in [0.29, 0.717) is 49.0 Å². The van der Waals surface area contributed by atoms with Crippen LogP contribution >= 0.6 is 11.6 Å². The first-order valence-corrected chi connectivity index (χ1v) is 10.5. The van der Waals surface area contributed by atoms with E-state index in [1.165, 1.54) is 0 Å². The summed E-state index contributed by atoms with van der Waals surface area (Å²) in [5, 5.41) is 13.3. The van der Waals surface area contributed by atoms with Crippen LogP contribution in [0.25, 0.3) is 16.6 Å². The summed E-state index contributed by atoms with van der Waals surface area (Å²) in [6.07, 6.45) is 5.99. The van der Waals surface area contributed by atoms with Crippen molar-refractivity contribution in [3.8, 4) is 17.5 Å². The van der Waals surface area contributed by atoms with Crippen molar-refractivity contribution in [2.45, 2.75) is 6.54 Å². The van der Waals surface area contributed by atoms with Gasteiger partial charge < -0.3 is 14.6 Å². The first-order valence-electron chi connectivity index (χ1n) is 10.1. The molecule has 0 unspecified atom stereocenters. The van der Waals surface area contributed by atoms with Crippen LogP contribution in [0, 0.1) is 11.3 Å². The van der Waals surface area contributed by atoms with Crippen LogP contribution in [-0.4, -0.2) is 48.8 Å². The van der Waals surface area contributed by atoms with Crippen LogP contribution in [0.3, 0.4) is 0 Å². The summed E-state index contributed by atoms with van der Waals surface area (Å²) < 4.78 is 8.03. The Kier molecular flexibility index (Phi) is 6.55. The summed E-state index contributed by atoms with van der Waals surface area (Å²) in [6, 6.07) is 13.8. The number of rotatable bonds is 6. The second-order valence-corrected chi connectivity index (χ2v) is 7.84. The van der Waals surface area contributed by atoms with Gasteiger partial charge in [-0.15, -0.1) is 0 Å². The quantitative estimate of drug-likeness (QED) is 0.461. The van der Waals surface area contributed by atoms with E-state index in [2.05, 4.69) is 31.9 Å². The summed E-state index contributed by atoms with van der Waals surface area (Å²) in [5.74, 6) is 0.696. The number of carbonyl (C=O) groups is 1. The van der Waals surface area contributed by atoms with Crippen molar-refractivity contribution in [2.75, 3.05) is 26.7 Å². The largest absolute Gasteiger partial charge is 0.490 e. The molecular weight excluding hydrogens is 426 g/mol. The fraction of sp³-hybridized carbons (Fsp3) is 0.208. The number of carbonyl (C=O) groups excluding carboxylic acids is 1. The molecule has 8 heteroatoms. The molecule has 0 radical (unpaired) electrons.